The van der Waals surface area contributed by atoms with Crippen LogP contribution in [-0.4, -0.2) is 33.9 Å². The predicted octanol–water partition coefficient (Wildman–Crippen LogP) is 5.20. The molecule has 0 bridgehead atoms. The van der Waals surface area contributed by atoms with Crippen molar-refractivity contribution in [3.8, 4) is 0 Å². The molecule has 3 heterocycles. The Kier molecular flexibility index (Phi) is 5.96. The number of benzene rings is 2. The number of carbonyl (C=O) groups is 1. The minimum Gasteiger partial charge on any atom is -0.357 e. The third-order valence-electron chi connectivity index (χ3n) is 6.02. The fraction of sp³-hybridized carbons (Fsp3) is 0.240. The molecule has 1 amide bonds. The molecule has 2 N–H and O–H groups in total. The molecule has 168 valence electrons. The first kappa shape index (κ1) is 21.4. The third kappa shape index (κ3) is 4.83. The second kappa shape index (κ2) is 9.19. The van der Waals surface area contributed by atoms with Crippen molar-refractivity contribution in [1.29, 1.82) is 0 Å². The number of piperidine rings is 1. The quantitative estimate of drug-likeness (QED) is 0.427. The molecule has 2 aromatic carbocycles. The first-order valence-corrected chi connectivity index (χ1v) is 11.3. The van der Waals surface area contributed by atoms with Crippen LogP contribution >= 0.6 is 11.6 Å². The first-order valence-electron chi connectivity index (χ1n) is 10.9. The van der Waals surface area contributed by atoms with Crippen molar-refractivity contribution in [2.45, 2.75) is 19.3 Å². The molecule has 1 aliphatic rings. The van der Waals surface area contributed by atoms with Crippen LogP contribution in [0.25, 0.3) is 11.0 Å². The summed E-state index contributed by atoms with van der Waals surface area (Å²) in [5.74, 6) is 1.28. The number of anilines is 2. The van der Waals surface area contributed by atoms with E-state index in [0.717, 1.165) is 48.5 Å². The van der Waals surface area contributed by atoms with E-state index in [4.69, 9.17) is 11.6 Å². The summed E-state index contributed by atoms with van der Waals surface area (Å²) >= 11 is 5.92. The molecule has 2 aromatic heterocycles. The van der Waals surface area contributed by atoms with Crippen LogP contribution in [0, 0.1) is 11.7 Å². The number of nitrogens with zero attached hydrogens (tertiary/aromatic N) is 3. The largest absolute Gasteiger partial charge is 0.357 e. The van der Waals surface area contributed by atoms with Crippen LogP contribution in [0.4, 0.5) is 15.9 Å². The molecular formula is C25H23ClFN5O. The molecule has 0 radical (unpaired) electrons. The van der Waals surface area contributed by atoms with Crippen LogP contribution in [0.2, 0.25) is 5.02 Å². The van der Waals surface area contributed by atoms with Crippen molar-refractivity contribution in [3.63, 3.8) is 0 Å². The van der Waals surface area contributed by atoms with Gasteiger partial charge in [0.1, 0.15) is 17.5 Å². The van der Waals surface area contributed by atoms with E-state index in [1.807, 2.05) is 36.4 Å². The molecule has 1 aliphatic heterocycles. The second-order valence-electron chi connectivity index (χ2n) is 8.27. The van der Waals surface area contributed by atoms with E-state index in [-0.39, 0.29) is 17.6 Å². The lowest BCUT2D eigenvalue weighted by molar-refractivity contribution is -0.120. The van der Waals surface area contributed by atoms with Gasteiger partial charge in [0, 0.05) is 37.3 Å². The van der Waals surface area contributed by atoms with E-state index >= 15 is 0 Å². The number of hydrogen-bond donors (Lipinski definition) is 2. The van der Waals surface area contributed by atoms with Gasteiger partial charge in [-0.15, -0.1) is 0 Å². The molecular weight excluding hydrogens is 441 g/mol. The smallest absolute Gasteiger partial charge is 0.227 e. The number of fused-ring (bicyclic) bond motifs is 1. The number of rotatable bonds is 5. The Morgan fingerprint density at radius 1 is 1.15 bits per heavy atom. The molecule has 8 heteroatoms. The Bertz CT molecular complexity index is 1280. The van der Waals surface area contributed by atoms with Gasteiger partial charge in [-0.05, 0) is 54.8 Å². The average molecular weight is 464 g/mol. The lowest BCUT2D eigenvalue weighted by Gasteiger charge is -2.32. The van der Waals surface area contributed by atoms with Gasteiger partial charge >= 0.3 is 0 Å². The monoisotopic (exact) mass is 463 g/mol. The lowest BCUT2D eigenvalue weighted by Crippen LogP contribution is -2.38. The molecule has 6 nitrogen and oxygen atoms in total. The number of carbonyl (C=O) groups excluding carboxylic acids is 1. The zero-order valence-electron chi connectivity index (χ0n) is 17.9. The van der Waals surface area contributed by atoms with E-state index in [9.17, 15) is 9.18 Å². The first-order chi connectivity index (χ1) is 16.0. The number of H-pyrrole nitrogens is 1. The van der Waals surface area contributed by atoms with Crippen LogP contribution in [0.15, 0.2) is 60.8 Å². The number of aromatic nitrogens is 3. The van der Waals surface area contributed by atoms with E-state index in [2.05, 4.69) is 25.2 Å². The standard InChI is InChI=1S/C25H23ClFN5O/c26-18-5-8-24(28-15-18)32-11-9-16(10-12-32)25(33)29-19-6-7-21-22(14-19)31-23(30-21)13-17-3-1-2-4-20(17)27/h1-8,14-16H,9-13H2,(H,29,33)(H,30,31). The highest BCUT2D eigenvalue weighted by molar-refractivity contribution is 6.30. The van der Waals surface area contributed by atoms with Crippen molar-refractivity contribution in [2.24, 2.45) is 5.92 Å². The summed E-state index contributed by atoms with van der Waals surface area (Å²) in [5.41, 5.74) is 2.89. The number of amides is 1. The van der Waals surface area contributed by atoms with Crippen molar-refractivity contribution < 1.29 is 9.18 Å². The Labute approximate surface area is 195 Å². The maximum absolute atomic E-state index is 14.0. The Balaban J connectivity index is 1.21. The van der Waals surface area contributed by atoms with Gasteiger partial charge in [-0.25, -0.2) is 14.4 Å². The van der Waals surface area contributed by atoms with Gasteiger partial charge in [-0.3, -0.25) is 4.79 Å². The number of hydrogen-bond acceptors (Lipinski definition) is 4. The van der Waals surface area contributed by atoms with Crippen molar-refractivity contribution >= 4 is 40.0 Å². The zero-order valence-corrected chi connectivity index (χ0v) is 18.6. The van der Waals surface area contributed by atoms with Crippen LogP contribution in [0.5, 0.6) is 0 Å². The minimum atomic E-state index is -0.246. The summed E-state index contributed by atoms with van der Waals surface area (Å²) in [6.45, 7) is 1.54. The maximum Gasteiger partial charge on any atom is 0.227 e. The number of imidazole rings is 1. The van der Waals surface area contributed by atoms with Gasteiger partial charge in [-0.2, -0.15) is 0 Å². The molecule has 0 saturated carbocycles. The minimum absolute atomic E-state index is 0.0177. The molecule has 1 fully saturated rings. The fourth-order valence-electron chi connectivity index (χ4n) is 4.22. The summed E-state index contributed by atoms with van der Waals surface area (Å²) in [4.78, 5) is 27.2. The van der Waals surface area contributed by atoms with Crippen LogP contribution < -0.4 is 10.2 Å². The summed E-state index contributed by atoms with van der Waals surface area (Å²) in [5, 5.41) is 3.65. The van der Waals surface area contributed by atoms with Crippen molar-refractivity contribution in [1.82, 2.24) is 15.0 Å². The van der Waals surface area contributed by atoms with Gasteiger partial charge in [-0.1, -0.05) is 29.8 Å². The number of halogens is 2. The summed E-state index contributed by atoms with van der Waals surface area (Å²) in [6, 6.07) is 16.0. The fourth-order valence-corrected chi connectivity index (χ4v) is 4.33. The molecule has 0 aliphatic carbocycles. The molecule has 0 atom stereocenters. The number of aromatic amines is 1. The van der Waals surface area contributed by atoms with Crippen LogP contribution in [0.1, 0.15) is 24.2 Å². The summed E-state index contributed by atoms with van der Waals surface area (Å²) in [7, 11) is 0. The Morgan fingerprint density at radius 2 is 1.97 bits per heavy atom. The van der Waals surface area contributed by atoms with E-state index in [1.54, 1.807) is 18.3 Å². The van der Waals surface area contributed by atoms with Gasteiger partial charge in [0.15, 0.2) is 0 Å². The molecule has 0 unspecified atom stereocenters. The lowest BCUT2D eigenvalue weighted by atomic mass is 9.95. The molecule has 5 rings (SSSR count). The van der Waals surface area contributed by atoms with E-state index < -0.39 is 0 Å². The summed E-state index contributed by atoms with van der Waals surface area (Å²) in [6.07, 6.45) is 3.54. The molecule has 33 heavy (non-hydrogen) atoms. The second-order valence-corrected chi connectivity index (χ2v) is 8.71. The SMILES string of the molecule is O=C(Nc1ccc2nc(Cc3ccccc3F)[nH]c2c1)C1CCN(c2ccc(Cl)cn2)CC1. The third-order valence-corrected chi connectivity index (χ3v) is 6.24. The highest BCUT2D eigenvalue weighted by Crippen LogP contribution is 2.25. The predicted molar refractivity (Wildman–Crippen MR) is 128 cm³/mol. The van der Waals surface area contributed by atoms with Crippen LogP contribution in [-0.2, 0) is 11.2 Å². The molecule has 1 saturated heterocycles. The van der Waals surface area contributed by atoms with Crippen molar-refractivity contribution in [2.75, 3.05) is 23.3 Å². The van der Waals surface area contributed by atoms with Crippen molar-refractivity contribution in [3.05, 3.63) is 83.0 Å². The van der Waals surface area contributed by atoms with Gasteiger partial charge in [0.05, 0.1) is 16.1 Å². The maximum atomic E-state index is 14.0. The molecule has 4 aromatic rings. The Morgan fingerprint density at radius 3 is 2.73 bits per heavy atom. The topological polar surface area (TPSA) is 73.9 Å². The zero-order chi connectivity index (χ0) is 22.8. The normalized spacial score (nSPS) is 14.5. The summed E-state index contributed by atoms with van der Waals surface area (Å²) < 4.78 is 14.0. The Hall–Kier alpha value is -3.45. The van der Waals surface area contributed by atoms with Gasteiger partial charge < -0.3 is 15.2 Å². The highest BCUT2D eigenvalue weighted by atomic mass is 35.5. The van der Waals surface area contributed by atoms with Gasteiger partial charge in [0.2, 0.25) is 5.91 Å². The average Bonchev–Trinajstić information content (AvgIpc) is 3.23. The van der Waals surface area contributed by atoms with Crippen LogP contribution in [0.3, 0.4) is 0 Å². The number of pyridine rings is 1. The highest BCUT2D eigenvalue weighted by Gasteiger charge is 2.25. The van der Waals surface area contributed by atoms with E-state index in [1.165, 1.54) is 6.07 Å². The molecule has 0 spiro atoms. The van der Waals surface area contributed by atoms with E-state index in [0.29, 0.717) is 22.8 Å². The number of nitrogens with one attached hydrogen (secondary N) is 2. The van der Waals surface area contributed by atoms with Gasteiger partial charge in [0.25, 0.3) is 0 Å².